The van der Waals surface area contributed by atoms with Crippen molar-refractivity contribution in [2.24, 2.45) is 0 Å². The summed E-state index contributed by atoms with van der Waals surface area (Å²) in [6.45, 7) is 5.27. The molecule has 0 bridgehead atoms. The summed E-state index contributed by atoms with van der Waals surface area (Å²) in [7, 11) is 0. The summed E-state index contributed by atoms with van der Waals surface area (Å²) in [5, 5.41) is 0. The van der Waals surface area contributed by atoms with E-state index in [2.05, 4.69) is 11.8 Å². The van der Waals surface area contributed by atoms with E-state index in [0.717, 1.165) is 13.0 Å². The highest BCUT2D eigenvalue weighted by Crippen LogP contribution is 2.28. The quantitative estimate of drug-likeness (QED) is 0.718. The van der Waals surface area contributed by atoms with Crippen molar-refractivity contribution < 1.29 is 18.3 Å². The van der Waals surface area contributed by atoms with Gasteiger partial charge < -0.3 is 14.5 Å². The molecular formula is C20H28F2N2O2. The lowest BCUT2D eigenvalue weighted by molar-refractivity contribution is -0.0494. The summed E-state index contributed by atoms with van der Waals surface area (Å²) in [5.41, 5.74) is 0.501. The van der Waals surface area contributed by atoms with E-state index in [1.165, 1.54) is 24.3 Å². The second-order valence-electron chi connectivity index (χ2n) is 7.41. The minimum Gasteiger partial charge on any atom is -0.494 e. The number of hydrogen-bond donors (Lipinski definition) is 0. The fourth-order valence-corrected chi connectivity index (χ4v) is 3.72. The molecule has 2 fully saturated rings. The van der Waals surface area contributed by atoms with Crippen LogP contribution in [0.25, 0.3) is 0 Å². The Morgan fingerprint density at radius 1 is 1.27 bits per heavy atom. The van der Waals surface area contributed by atoms with Crippen LogP contribution in [0.2, 0.25) is 0 Å². The molecule has 2 heterocycles. The molecule has 0 saturated carbocycles. The fourth-order valence-electron chi connectivity index (χ4n) is 3.72. The van der Waals surface area contributed by atoms with Gasteiger partial charge in [-0.2, -0.15) is 0 Å². The van der Waals surface area contributed by atoms with Crippen molar-refractivity contribution in [1.82, 2.24) is 9.80 Å². The maximum atomic E-state index is 13.3. The van der Waals surface area contributed by atoms with Gasteiger partial charge in [-0.05, 0) is 50.9 Å². The van der Waals surface area contributed by atoms with Crippen LogP contribution in [0.5, 0.6) is 5.75 Å². The van der Waals surface area contributed by atoms with Crippen molar-refractivity contribution in [3.8, 4) is 5.75 Å². The maximum Gasteiger partial charge on any atom is 0.253 e. The average molecular weight is 366 g/mol. The molecule has 144 valence electrons. The smallest absolute Gasteiger partial charge is 0.253 e. The van der Waals surface area contributed by atoms with Crippen LogP contribution < -0.4 is 4.74 Å². The van der Waals surface area contributed by atoms with Gasteiger partial charge in [0.1, 0.15) is 5.75 Å². The molecule has 3 rings (SSSR count). The van der Waals surface area contributed by atoms with Gasteiger partial charge in [0, 0.05) is 44.1 Å². The highest BCUT2D eigenvalue weighted by Gasteiger charge is 2.35. The van der Waals surface area contributed by atoms with Crippen molar-refractivity contribution in [1.29, 1.82) is 0 Å². The molecule has 1 aromatic rings. The summed E-state index contributed by atoms with van der Waals surface area (Å²) in [4.78, 5) is 16.5. The third-order valence-corrected chi connectivity index (χ3v) is 5.41. The first-order valence-electron chi connectivity index (χ1n) is 9.59. The largest absolute Gasteiger partial charge is 0.494 e. The van der Waals surface area contributed by atoms with E-state index < -0.39 is 5.92 Å². The molecule has 2 aliphatic heterocycles. The van der Waals surface area contributed by atoms with E-state index in [-0.39, 0.29) is 31.8 Å². The highest BCUT2D eigenvalue weighted by molar-refractivity contribution is 5.94. The predicted molar refractivity (Wildman–Crippen MR) is 96.9 cm³/mol. The van der Waals surface area contributed by atoms with Crippen molar-refractivity contribution >= 4 is 5.91 Å². The molecule has 4 nitrogen and oxygen atoms in total. The van der Waals surface area contributed by atoms with Gasteiger partial charge in [0.2, 0.25) is 0 Å². The van der Waals surface area contributed by atoms with Crippen molar-refractivity contribution in [3.05, 3.63) is 29.8 Å². The molecule has 6 heteroatoms. The minimum absolute atomic E-state index is 0.102. The first-order valence-corrected chi connectivity index (χ1v) is 9.59. The minimum atomic E-state index is -2.64. The number of amides is 1. The lowest BCUT2D eigenvalue weighted by Gasteiger charge is -2.31. The molecule has 2 aliphatic rings. The van der Waals surface area contributed by atoms with E-state index in [9.17, 15) is 13.6 Å². The van der Waals surface area contributed by atoms with Gasteiger partial charge >= 0.3 is 0 Å². The molecule has 1 aromatic carbocycles. The number of ether oxygens (including phenoxy) is 1. The molecule has 0 radical (unpaired) electrons. The number of carbonyl (C=O) groups excluding carboxylic acids is 1. The standard InChI is InChI=1S/C20H28F2N2O2/c1-16-5-3-10-23(16)11-4-14-26-18-7-2-6-17(15-18)19(25)24-12-8-20(21,22)9-13-24/h2,6-7,15-16H,3-5,8-14H2,1H3. The Morgan fingerprint density at radius 3 is 2.73 bits per heavy atom. The summed E-state index contributed by atoms with van der Waals surface area (Å²) in [5.74, 6) is -2.18. The van der Waals surface area contributed by atoms with Gasteiger partial charge in [0.25, 0.3) is 11.8 Å². The number of hydrogen-bond acceptors (Lipinski definition) is 3. The van der Waals surface area contributed by atoms with Gasteiger partial charge in [-0.15, -0.1) is 0 Å². The molecule has 0 aromatic heterocycles. The number of likely N-dealkylation sites (tertiary alicyclic amines) is 2. The molecule has 1 amide bonds. The van der Waals surface area contributed by atoms with Crippen molar-refractivity contribution in [2.45, 2.75) is 51.0 Å². The van der Waals surface area contributed by atoms with Gasteiger partial charge in [-0.25, -0.2) is 8.78 Å². The molecule has 0 aliphatic carbocycles. The summed E-state index contributed by atoms with van der Waals surface area (Å²) >= 11 is 0. The Balaban J connectivity index is 1.47. The third kappa shape index (κ3) is 4.93. The van der Waals surface area contributed by atoms with Crippen LogP contribution in [0, 0.1) is 0 Å². The molecule has 0 N–H and O–H groups in total. The molecule has 1 unspecified atom stereocenters. The zero-order valence-corrected chi connectivity index (χ0v) is 15.4. The number of rotatable bonds is 6. The van der Waals surface area contributed by atoms with E-state index in [4.69, 9.17) is 4.74 Å². The Hall–Kier alpha value is -1.69. The Kier molecular flexibility index (Phi) is 6.12. The maximum absolute atomic E-state index is 13.3. The molecule has 26 heavy (non-hydrogen) atoms. The Labute approximate surface area is 154 Å². The third-order valence-electron chi connectivity index (χ3n) is 5.41. The van der Waals surface area contributed by atoms with Gasteiger partial charge in [0.15, 0.2) is 0 Å². The van der Waals surface area contributed by atoms with Crippen LogP contribution in [0.4, 0.5) is 8.78 Å². The molecule has 0 spiro atoms. The normalized spacial score (nSPS) is 23.2. The summed E-state index contributed by atoms with van der Waals surface area (Å²) in [6.07, 6.45) is 2.97. The van der Waals surface area contributed by atoms with Crippen LogP contribution >= 0.6 is 0 Å². The first-order chi connectivity index (χ1) is 12.4. The van der Waals surface area contributed by atoms with Crippen molar-refractivity contribution in [3.63, 3.8) is 0 Å². The predicted octanol–water partition coefficient (Wildman–Crippen LogP) is 3.81. The van der Waals surface area contributed by atoms with Crippen LogP contribution in [0.15, 0.2) is 24.3 Å². The number of benzene rings is 1. The Bertz CT molecular complexity index is 614. The van der Waals surface area contributed by atoms with Crippen molar-refractivity contribution in [2.75, 3.05) is 32.8 Å². The van der Waals surface area contributed by atoms with Crippen LogP contribution in [0.3, 0.4) is 0 Å². The van der Waals surface area contributed by atoms with E-state index in [1.807, 2.05) is 6.07 Å². The van der Waals surface area contributed by atoms with E-state index in [1.54, 1.807) is 18.2 Å². The SMILES string of the molecule is CC1CCCN1CCCOc1cccc(C(=O)N2CCC(F)(F)CC2)c1. The number of carbonyl (C=O) groups is 1. The zero-order valence-electron chi connectivity index (χ0n) is 15.4. The zero-order chi connectivity index (χ0) is 18.6. The number of nitrogens with zero attached hydrogens (tertiary/aromatic N) is 2. The van der Waals surface area contributed by atoms with Gasteiger partial charge in [-0.1, -0.05) is 6.07 Å². The Morgan fingerprint density at radius 2 is 2.04 bits per heavy atom. The second-order valence-corrected chi connectivity index (χ2v) is 7.41. The monoisotopic (exact) mass is 366 g/mol. The summed E-state index contributed by atoms with van der Waals surface area (Å²) in [6, 6.07) is 7.71. The first kappa shape index (κ1) is 19.1. The molecule has 2 saturated heterocycles. The van der Waals surface area contributed by atoms with Gasteiger partial charge in [-0.3, -0.25) is 4.79 Å². The molecule has 1 atom stereocenters. The topological polar surface area (TPSA) is 32.8 Å². The average Bonchev–Trinajstić information content (AvgIpc) is 3.03. The number of alkyl halides is 2. The lowest BCUT2D eigenvalue weighted by atomic mass is 10.1. The number of piperidine rings is 1. The fraction of sp³-hybridized carbons (Fsp3) is 0.650. The lowest BCUT2D eigenvalue weighted by Crippen LogP contribution is -2.42. The second kappa shape index (κ2) is 8.33. The van der Waals surface area contributed by atoms with Crippen LogP contribution in [0.1, 0.15) is 49.4 Å². The van der Waals surface area contributed by atoms with Crippen LogP contribution in [-0.2, 0) is 0 Å². The summed E-state index contributed by atoms with van der Waals surface area (Å²) < 4.78 is 32.3. The van der Waals surface area contributed by atoms with E-state index >= 15 is 0 Å². The van der Waals surface area contributed by atoms with Gasteiger partial charge in [0.05, 0.1) is 6.61 Å². The molecular weight excluding hydrogens is 338 g/mol. The van der Waals surface area contributed by atoms with E-state index in [0.29, 0.717) is 24.0 Å². The van der Waals surface area contributed by atoms with Crippen LogP contribution in [-0.4, -0.2) is 60.5 Å². The highest BCUT2D eigenvalue weighted by atomic mass is 19.3. The number of halogens is 2.